The molecular weight excluding hydrogens is 404 g/mol. The smallest absolute Gasteiger partial charge is 0.208 e. The SMILES string of the molecule is O=c1c2c(O)cc(O)cc2oc2cc(O)c(C3OC(CO)C(O)C(O)C3O)c(O)c12. The Balaban J connectivity index is 1.99. The molecule has 3 aromatic rings. The number of aliphatic hydroxyl groups is 4. The molecule has 30 heavy (non-hydrogen) atoms. The van der Waals surface area contributed by atoms with Gasteiger partial charge < -0.3 is 50.0 Å². The fourth-order valence-corrected chi connectivity index (χ4v) is 3.71. The van der Waals surface area contributed by atoms with Crippen LogP contribution in [0.15, 0.2) is 27.4 Å². The van der Waals surface area contributed by atoms with Crippen LogP contribution in [0.4, 0.5) is 0 Å². The predicted molar refractivity (Wildman–Crippen MR) is 99.4 cm³/mol. The molecule has 5 unspecified atom stereocenters. The lowest BCUT2D eigenvalue weighted by Gasteiger charge is -2.40. The maximum atomic E-state index is 12.9. The van der Waals surface area contributed by atoms with E-state index in [1.54, 1.807) is 0 Å². The van der Waals surface area contributed by atoms with Crippen molar-refractivity contribution in [3.63, 3.8) is 0 Å². The Bertz CT molecular complexity index is 1200. The van der Waals surface area contributed by atoms with Crippen molar-refractivity contribution in [1.29, 1.82) is 0 Å². The zero-order chi connectivity index (χ0) is 21.9. The predicted octanol–water partition coefficient (Wildman–Crippen LogP) is -0.717. The molecule has 11 nitrogen and oxygen atoms in total. The van der Waals surface area contributed by atoms with Crippen LogP contribution < -0.4 is 5.43 Å². The zero-order valence-electron chi connectivity index (χ0n) is 15.1. The summed E-state index contributed by atoms with van der Waals surface area (Å²) in [4.78, 5) is 12.9. The summed E-state index contributed by atoms with van der Waals surface area (Å²) in [5, 5.41) is 79.5. The standard InChI is InChI=1S/C19H18O11/c20-4-10-14(24)17(27)18(28)19(30-10)12-7(23)3-9-13(16(12)26)15(25)11-6(22)1-5(21)2-8(11)29-9/h1-3,10,14,17-24,26-28H,4H2. The second-order valence-corrected chi connectivity index (χ2v) is 7.05. The first-order chi connectivity index (χ1) is 14.1. The number of rotatable bonds is 2. The summed E-state index contributed by atoms with van der Waals surface area (Å²) < 4.78 is 10.8. The zero-order valence-corrected chi connectivity index (χ0v) is 15.1. The molecule has 1 aliphatic rings. The molecule has 2 aromatic carbocycles. The van der Waals surface area contributed by atoms with Gasteiger partial charge in [-0.25, -0.2) is 0 Å². The molecule has 8 N–H and O–H groups in total. The first kappa shape index (κ1) is 20.2. The molecule has 0 spiro atoms. The van der Waals surface area contributed by atoms with E-state index in [9.17, 15) is 45.6 Å². The van der Waals surface area contributed by atoms with Crippen molar-refractivity contribution in [1.82, 2.24) is 0 Å². The Morgan fingerprint density at radius 2 is 1.50 bits per heavy atom. The Morgan fingerprint density at radius 3 is 2.17 bits per heavy atom. The summed E-state index contributed by atoms with van der Waals surface area (Å²) in [5.74, 6) is -2.51. The quantitative estimate of drug-likeness (QED) is 0.242. The van der Waals surface area contributed by atoms with Crippen LogP contribution in [0.3, 0.4) is 0 Å². The van der Waals surface area contributed by atoms with Crippen molar-refractivity contribution in [3.05, 3.63) is 34.0 Å². The Kier molecular flexibility index (Phi) is 4.71. The summed E-state index contributed by atoms with van der Waals surface area (Å²) in [6.07, 6.45) is -8.20. The molecule has 0 saturated carbocycles. The normalized spacial score (nSPS) is 27.0. The lowest BCUT2D eigenvalue weighted by Crippen LogP contribution is -2.55. The van der Waals surface area contributed by atoms with Gasteiger partial charge in [-0.1, -0.05) is 0 Å². The van der Waals surface area contributed by atoms with E-state index in [0.717, 1.165) is 18.2 Å². The van der Waals surface area contributed by atoms with Gasteiger partial charge in [-0.05, 0) is 0 Å². The van der Waals surface area contributed by atoms with Gasteiger partial charge in [-0.3, -0.25) is 4.79 Å². The molecule has 1 fully saturated rings. The highest BCUT2D eigenvalue weighted by Crippen LogP contribution is 2.45. The second kappa shape index (κ2) is 7.00. The van der Waals surface area contributed by atoms with E-state index in [2.05, 4.69) is 0 Å². The number of hydrogen-bond donors (Lipinski definition) is 8. The van der Waals surface area contributed by atoms with Gasteiger partial charge in [-0.2, -0.15) is 0 Å². The van der Waals surface area contributed by atoms with Crippen molar-refractivity contribution in [2.45, 2.75) is 30.5 Å². The third-order valence-electron chi connectivity index (χ3n) is 5.20. The van der Waals surface area contributed by atoms with Crippen LogP contribution in [0.1, 0.15) is 11.7 Å². The van der Waals surface area contributed by atoms with Crippen molar-refractivity contribution >= 4 is 21.9 Å². The van der Waals surface area contributed by atoms with Gasteiger partial charge in [0.1, 0.15) is 75.5 Å². The second-order valence-electron chi connectivity index (χ2n) is 7.05. The fourth-order valence-electron chi connectivity index (χ4n) is 3.71. The number of hydrogen-bond acceptors (Lipinski definition) is 11. The summed E-state index contributed by atoms with van der Waals surface area (Å²) in [6, 6.07) is 2.92. The van der Waals surface area contributed by atoms with E-state index in [4.69, 9.17) is 9.15 Å². The van der Waals surface area contributed by atoms with Gasteiger partial charge in [0, 0.05) is 18.2 Å². The van der Waals surface area contributed by atoms with Gasteiger partial charge in [-0.15, -0.1) is 0 Å². The average Bonchev–Trinajstić information content (AvgIpc) is 2.66. The number of fused-ring (bicyclic) bond motifs is 2. The minimum Gasteiger partial charge on any atom is -0.508 e. The highest BCUT2D eigenvalue weighted by Gasteiger charge is 2.46. The third kappa shape index (κ3) is 2.83. The summed E-state index contributed by atoms with van der Waals surface area (Å²) >= 11 is 0. The Hall–Kier alpha value is -3.09. The lowest BCUT2D eigenvalue weighted by atomic mass is 9.89. The average molecular weight is 422 g/mol. The summed E-state index contributed by atoms with van der Waals surface area (Å²) in [6.45, 7) is -0.735. The van der Waals surface area contributed by atoms with E-state index < -0.39 is 70.8 Å². The molecule has 1 aliphatic heterocycles. The first-order valence-corrected chi connectivity index (χ1v) is 8.83. The fraction of sp³-hybridized carbons (Fsp3) is 0.316. The molecule has 0 radical (unpaired) electrons. The van der Waals surface area contributed by atoms with E-state index in [0.29, 0.717) is 0 Å². The number of benzene rings is 2. The van der Waals surface area contributed by atoms with Crippen LogP contribution >= 0.6 is 0 Å². The minimum atomic E-state index is -1.82. The number of phenolic OH excluding ortho intramolecular Hbond substituents is 4. The van der Waals surface area contributed by atoms with E-state index in [1.165, 1.54) is 0 Å². The van der Waals surface area contributed by atoms with Crippen molar-refractivity contribution in [2.75, 3.05) is 6.61 Å². The minimum absolute atomic E-state index is 0.204. The molecule has 4 rings (SSSR count). The van der Waals surface area contributed by atoms with Gasteiger partial charge in [0.05, 0.1) is 12.2 Å². The molecule has 0 aliphatic carbocycles. The maximum absolute atomic E-state index is 12.9. The molecule has 0 bridgehead atoms. The Labute approximate surface area is 166 Å². The van der Waals surface area contributed by atoms with Crippen molar-refractivity contribution in [3.8, 4) is 23.0 Å². The number of ether oxygens (including phenoxy) is 1. The molecule has 160 valence electrons. The molecule has 5 atom stereocenters. The van der Waals surface area contributed by atoms with Gasteiger partial charge in [0.25, 0.3) is 0 Å². The Morgan fingerprint density at radius 1 is 0.833 bits per heavy atom. The van der Waals surface area contributed by atoms with E-state index >= 15 is 0 Å². The first-order valence-electron chi connectivity index (χ1n) is 8.83. The van der Waals surface area contributed by atoms with Crippen LogP contribution in [0, 0.1) is 0 Å². The molecular formula is C19H18O11. The summed E-state index contributed by atoms with van der Waals surface area (Å²) in [7, 11) is 0. The molecule has 1 aromatic heterocycles. The molecule has 2 heterocycles. The van der Waals surface area contributed by atoms with Crippen LogP contribution in [0.2, 0.25) is 0 Å². The van der Waals surface area contributed by atoms with Crippen molar-refractivity contribution in [2.24, 2.45) is 0 Å². The van der Waals surface area contributed by atoms with Crippen molar-refractivity contribution < 1.29 is 50.0 Å². The van der Waals surface area contributed by atoms with Crippen LogP contribution in [-0.2, 0) is 4.74 Å². The third-order valence-corrected chi connectivity index (χ3v) is 5.20. The van der Waals surface area contributed by atoms with Crippen LogP contribution in [0.25, 0.3) is 21.9 Å². The van der Waals surface area contributed by atoms with E-state index in [-0.39, 0.29) is 22.3 Å². The highest BCUT2D eigenvalue weighted by molar-refractivity contribution is 5.97. The molecule has 11 heteroatoms. The van der Waals surface area contributed by atoms with Gasteiger partial charge in [0.15, 0.2) is 0 Å². The van der Waals surface area contributed by atoms with E-state index in [1.807, 2.05) is 0 Å². The van der Waals surface area contributed by atoms with Gasteiger partial charge >= 0.3 is 0 Å². The maximum Gasteiger partial charge on any atom is 0.208 e. The van der Waals surface area contributed by atoms with Gasteiger partial charge in [0.2, 0.25) is 5.43 Å². The largest absolute Gasteiger partial charge is 0.508 e. The topological polar surface area (TPSA) is 201 Å². The lowest BCUT2D eigenvalue weighted by molar-refractivity contribution is -0.232. The van der Waals surface area contributed by atoms with Crippen LogP contribution in [-0.4, -0.2) is 71.9 Å². The number of aliphatic hydroxyl groups excluding tert-OH is 4. The molecule has 0 amide bonds. The van der Waals surface area contributed by atoms with Crippen LogP contribution in [0.5, 0.6) is 23.0 Å². The monoisotopic (exact) mass is 422 g/mol. The number of aromatic hydroxyl groups is 4. The summed E-state index contributed by atoms with van der Waals surface area (Å²) in [5.41, 5.74) is -1.87. The number of phenols is 4. The highest BCUT2D eigenvalue weighted by atomic mass is 16.5. The molecule has 1 saturated heterocycles.